The average molecular weight is 338 g/mol. The van der Waals surface area contributed by atoms with Crippen LogP contribution in [0.25, 0.3) is 0 Å². The molecular formula is C17H23FN2O2S. The highest BCUT2D eigenvalue weighted by atomic mass is 32.2. The molecule has 1 heterocycles. The Kier molecular flexibility index (Phi) is 6.04. The second-order valence-corrected chi connectivity index (χ2v) is 7.66. The molecule has 0 saturated carbocycles. The molecule has 0 spiro atoms. The van der Waals surface area contributed by atoms with Gasteiger partial charge < -0.3 is 10.6 Å². The van der Waals surface area contributed by atoms with Gasteiger partial charge in [-0.2, -0.15) is 0 Å². The fraction of sp³-hybridized carbons (Fsp3) is 0.529. The zero-order valence-corrected chi connectivity index (χ0v) is 14.3. The van der Waals surface area contributed by atoms with Crippen LogP contribution in [0.4, 0.5) is 4.39 Å². The molecule has 2 atom stereocenters. The Morgan fingerprint density at radius 1 is 1.22 bits per heavy atom. The van der Waals surface area contributed by atoms with Crippen LogP contribution in [0.1, 0.15) is 37.5 Å². The third kappa shape index (κ3) is 4.70. The largest absolute Gasteiger partial charge is 0.369 e. The van der Waals surface area contributed by atoms with Crippen LogP contribution in [-0.4, -0.2) is 35.1 Å². The summed E-state index contributed by atoms with van der Waals surface area (Å²) in [4.78, 5) is 25.5. The summed E-state index contributed by atoms with van der Waals surface area (Å²) in [7, 11) is 0. The molecule has 0 bridgehead atoms. The van der Waals surface area contributed by atoms with Gasteiger partial charge in [-0.1, -0.05) is 12.1 Å². The van der Waals surface area contributed by atoms with E-state index in [2.05, 4.69) is 0 Å². The van der Waals surface area contributed by atoms with Crippen LogP contribution in [0.15, 0.2) is 24.3 Å². The molecule has 2 rings (SSSR count). The number of amides is 2. The van der Waals surface area contributed by atoms with Gasteiger partial charge in [0, 0.05) is 24.3 Å². The highest BCUT2D eigenvalue weighted by Gasteiger charge is 2.29. The van der Waals surface area contributed by atoms with Gasteiger partial charge in [0.1, 0.15) is 5.82 Å². The maximum absolute atomic E-state index is 13.0. The number of carbonyl (C=O) groups is 2. The van der Waals surface area contributed by atoms with E-state index in [1.54, 1.807) is 23.9 Å². The number of thioether (sulfide) groups is 1. The number of nitrogens with zero attached hydrogens (tertiary/aromatic N) is 1. The summed E-state index contributed by atoms with van der Waals surface area (Å²) < 4.78 is 13.0. The number of carbonyl (C=O) groups excluding carboxylic acids is 2. The number of halogens is 1. The van der Waals surface area contributed by atoms with E-state index in [1.165, 1.54) is 12.1 Å². The first-order valence-electron chi connectivity index (χ1n) is 7.87. The molecule has 2 N–H and O–H groups in total. The molecule has 2 amide bonds. The van der Waals surface area contributed by atoms with E-state index < -0.39 is 0 Å². The predicted octanol–water partition coefficient (Wildman–Crippen LogP) is 2.73. The van der Waals surface area contributed by atoms with Gasteiger partial charge in [-0.05, 0) is 44.4 Å². The Bertz CT molecular complexity index is 556. The normalized spacial score (nSPS) is 18.5. The lowest BCUT2D eigenvalue weighted by molar-refractivity contribution is -0.134. The molecule has 0 aromatic heterocycles. The van der Waals surface area contributed by atoms with Crippen molar-refractivity contribution in [2.45, 2.75) is 37.2 Å². The molecular weight excluding hydrogens is 315 g/mol. The van der Waals surface area contributed by atoms with E-state index in [4.69, 9.17) is 5.73 Å². The van der Waals surface area contributed by atoms with E-state index in [0.717, 1.165) is 5.56 Å². The number of hydrogen-bond donors (Lipinski definition) is 1. The number of benzene rings is 1. The van der Waals surface area contributed by atoms with Gasteiger partial charge in [-0.25, -0.2) is 4.39 Å². The summed E-state index contributed by atoms with van der Waals surface area (Å²) in [5, 5.41) is -0.0714. The zero-order chi connectivity index (χ0) is 17.0. The molecule has 0 unspecified atom stereocenters. The third-order valence-electron chi connectivity index (χ3n) is 4.30. The van der Waals surface area contributed by atoms with Crippen molar-refractivity contribution in [1.29, 1.82) is 0 Å². The number of primary amides is 1. The van der Waals surface area contributed by atoms with Gasteiger partial charge in [-0.3, -0.25) is 9.59 Å². The number of hydrogen-bond acceptors (Lipinski definition) is 3. The van der Waals surface area contributed by atoms with Gasteiger partial charge >= 0.3 is 0 Å². The topological polar surface area (TPSA) is 63.4 Å². The van der Waals surface area contributed by atoms with Crippen molar-refractivity contribution < 1.29 is 14.0 Å². The minimum Gasteiger partial charge on any atom is -0.369 e. The molecule has 0 aliphatic carbocycles. The van der Waals surface area contributed by atoms with E-state index in [0.29, 0.717) is 25.9 Å². The van der Waals surface area contributed by atoms with Crippen LogP contribution in [0.3, 0.4) is 0 Å². The summed E-state index contributed by atoms with van der Waals surface area (Å²) in [6.45, 7) is 5.08. The SMILES string of the molecule is C[C@H](S[C@H](C)c1ccc(F)cc1)C(=O)N1CCC(C(N)=O)CC1. The highest BCUT2D eigenvalue weighted by Crippen LogP contribution is 2.33. The maximum atomic E-state index is 13.0. The second-order valence-electron chi connectivity index (χ2n) is 5.97. The van der Waals surface area contributed by atoms with Crippen molar-refractivity contribution in [3.05, 3.63) is 35.6 Å². The van der Waals surface area contributed by atoms with Crippen LogP contribution in [-0.2, 0) is 9.59 Å². The Labute approximate surface area is 140 Å². The quantitative estimate of drug-likeness (QED) is 0.898. The lowest BCUT2D eigenvalue weighted by Gasteiger charge is -2.32. The zero-order valence-electron chi connectivity index (χ0n) is 13.5. The molecule has 126 valence electrons. The van der Waals surface area contributed by atoms with Crippen molar-refractivity contribution in [3.8, 4) is 0 Å². The summed E-state index contributed by atoms with van der Waals surface area (Å²) in [6.07, 6.45) is 1.29. The number of likely N-dealkylation sites (tertiary alicyclic amines) is 1. The Morgan fingerprint density at radius 2 is 1.78 bits per heavy atom. The van der Waals surface area contributed by atoms with Crippen LogP contribution < -0.4 is 5.73 Å². The van der Waals surface area contributed by atoms with Gasteiger partial charge in [0.25, 0.3) is 0 Å². The summed E-state index contributed by atoms with van der Waals surface area (Å²) in [5.41, 5.74) is 6.32. The summed E-state index contributed by atoms with van der Waals surface area (Å²) >= 11 is 1.56. The van der Waals surface area contributed by atoms with Crippen LogP contribution >= 0.6 is 11.8 Å². The monoisotopic (exact) mass is 338 g/mol. The lowest BCUT2D eigenvalue weighted by atomic mass is 9.96. The Hall–Kier alpha value is -1.56. The van der Waals surface area contributed by atoms with Crippen LogP contribution in [0.5, 0.6) is 0 Å². The van der Waals surface area contributed by atoms with Crippen LogP contribution in [0, 0.1) is 11.7 Å². The first-order valence-corrected chi connectivity index (χ1v) is 8.81. The predicted molar refractivity (Wildman–Crippen MR) is 90.4 cm³/mol. The molecule has 1 aromatic carbocycles. The van der Waals surface area contributed by atoms with E-state index >= 15 is 0 Å². The van der Waals surface area contributed by atoms with E-state index in [-0.39, 0.29) is 34.0 Å². The molecule has 6 heteroatoms. The Balaban J connectivity index is 1.87. The minimum absolute atomic E-state index is 0.0897. The second kappa shape index (κ2) is 7.81. The Morgan fingerprint density at radius 3 is 2.30 bits per heavy atom. The highest BCUT2D eigenvalue weighted by molar-refractivity contribution is 8.00. The summed E-state index contributed by atoms with van der Waals surface area (Å²) in [5.74, 6) is -0.552. The van der Waals surface area contributed by atoms with Crippen molar-refractivity contribution >= 4 is 23.6 Å². The minimum atomic E-state index is -0.274. The fourth-order valence-electron chi connectivity index (χ4n) is 2.82. The van der Waals surface area contributed by atoms with E-state index in [1.807, 2.05) is 18.7 Å². The first kappa shape index (κ1) is 17.8. The van der Waals surface area contributed by atoms with Gasteiger partial charge in [0.05, 0.1) is 5.25 Å². The molecule has 1 fully saturated rings. The lowest BCUT2D eigenvalue weighted by Crippen LogP contribution is -2.44. The molecule has 1 aliphatic rings. The van der Waals surface area contributed by atoms with Crippen molar-refractivity contribution in [1.82, 2.24) is 4.90 Å². The number of piperidine rings is 1. The number of rotatable bonds is 5. The van der Waals surface area contributed by atoms with Crippen LogP contribution in [0.2, 0.25) is 0 Å². The molecule has 4 nitrogen and oxygen atoms in total. The van der Waals surface area contributed by atoms with Crippen molar-refractivity contribution in [3.63, 3.8) is 0 Å². The van der Waals surface area contributed by atoms with Crippen molar-refractivity contribution in [2.75, 3.05) is 13.1 Å². The van der Waals surface area contributed by atoms with Crippen molar-refractivity contribution in [2.24, 2.45) is 11.7 Å². The molecule has 1 aromatic rings. The molecule has 1 saturated heterocycles. The van der Waals surface area contributed by atoms with Gasteiger partial charge in [0.2, 0.25) is 11.8 Å². The van der Waals surface area contributed by atoms with E-state index in [9.17, 15) is 14.0 Å². The molecule has 0 radical (unpaired) electrons. The average Bonchev–Trinajstić information content (AvgIpc) is 2.54. The molecule has 23 heavy (non-hydrogen) atoms. The summed E-state index contributed by atoms with van der Waals surface area (Å²) in [6, 6.07) is 6.38. The standard InChI is InChI=1S/C17H23FN2O2S/c1-11(13-3-5-15(18)6-4-13)23-12(2)17(22)20-9-7-14(8-10-20)16(19)21/h3-6,11-12,14H,7-10H2,1-2H3,(H2,19,21)/t11-,12+/m1/s1. The van der Waals surface area contributed by atoms with Gasteiger partial charge in [-0.15, -0.1) is 11.8 Å². The number of nitrogens with two attached hydrogens (primary N) is 1. The molecule has 1 aliphatic heterocycles. The smallest absolute Gasteiger partial charge is 0.235 e. The fourth-order valence-corrected chi connectivity index (χ4v) is 4.01. The first-order chi connectivity index (χ1) is 10.9. The third-order valence-corrected chi connectivity index (χ3v) is 5.59. The maximum Gasteiger partial charge on any atom is 0.235 e. The van der Waals surface area contributed by atoms with Gasteiger partial charge in [0.15, 0.2) is 0 Å².